The molecule has 2 aromatic heterocycles. The van der Waals surface area contributed by atoms with Crippen molar-refractivity contribution in [1.29, 1.82) is 0 Å². The van der Waals surface area contributed by atoms with Crippen molar-refractivity contribution in [2.24, 2.45) is 0 Å². The minimum atomic E-state index is -2.32. The van der Waals surface area contributed by atoms with Gasteiger partial charge in [0.05, 0.1) is 22.3 Å². The number of aromatic hydroxyl groups is 1. The van der Waals surface area contributed by atoms with Crippen molar-refractivity contribution in [2.75, 3.05) is 0 Å². The smallest absolute Gasteiger partial charge is 0.148 e. The fraction of sp³-hybridized carbons (Fsp3) is 0.186. The molecule has 0 aliphatic rings. The molecule has 9 aromatic rings. The van der Waals surface area contributed by atoms with Crippen LogP contribution in [-0.2, 0) is 26.5 Å². The van der Waals surface area contributed by atoms with Crippen LogP contribution in [0.4, 0.5) is 0 Å². The van der Waals surface area contributed by atoms with Gasteiger partial charge in [-0.3, -0.25) is 9.55 Å². The molecule has 0 aliphatic heterocycles. The molecule has 0 radical (unpaired) electrons. The van der Waals surface area contributed by atoms with Gasteiger partial charge in [0, 0.05) is 42.6 Å². The second kappa shape index (κ2) is 18.0. The Morgan fingerprint density at radius 1 is 0.609 bits per heavy atom. The summed E-state index contributed by atoms with van der Waals surface area (Å²) in [6.45, 7) is 12.8. The number of para-hydroxylation sites is 1. The summed E-state index contributed by atoms with van der Waals surface area (Å²) in [7, 11) is 0. The molecule has 322 valence electrons. The van der Waals surface area contributed by atoms with Crippen molar-refractivity contribution in [2.45, 2.75) is 72.6 Å². The van der Waals surface area contributed by atoms with Gasteiger partial charge in [-0.25, -0.2) is 4.98 Å². The van der Waals surface area contributed by atoms with Gasteiger partial charge < -0.3 is 5.11 Å². The number of fused-ring (bicyclic) bond motifs is 1. The van der Waals surface area contributed by atoms with Crippen LogP contribution in [0.5, 0.6) is 5.75 Å². The molecule has 0 spiro atoms. The molecule has 9 rings (SSSR count). The largest absolute Gasteiger partial charge is 0.507 e. The zero-order chi connectivity index (χ0) is 46.5. The van der Waals surface area contributed by atoms with Gasteiger partial charge in [0.15, 0.2) is 0 Å². The van der Waals surface area contributed by atoms with Crippen molar-refractivity contribution in [3.05, 3.63) is 192 Å². The molecule has 4 nitrogen and oxygen atoms in total. The summed E-state index contributed by atoms with van der Waals surface area (Å²) in [5.74, 6) is 0.959. The maximum atomic E-state index is 12.3. The first-order valence-corrected chi connectivity index (χ1v) is 21.8. The Kier molecular flexibility index (Phi) is 11.4. The van der Waals surface area contributed by atoms with E-state index >= 15 is 0 Å². The van der Waals surface area contributed by atoms with Crippen LogP contribution in [0, 0.1) is 12.9 Å². The maximum absolute atomic E-state index is 12.3. The van der Waals surface area contributed by atoms with Crippen LogP contribution in [0.2, 0.25) is 0 Å². The van der Waals surface area contributed by atoms with Gasteiger partial charge in [-0.05, 0) is 93.4 Å². The van der Waals surface area contributed by atoms with Crippen LogP contribution >= 0.6 is 0 Å². The van der Waals surface area contributed by atoms with E-state index in [4.69, 9.17) is 14.1 Å². The number of aromatic nitrogens is 3. The Hall–Kier alpha value is -6.35. The number of imidazole rings is 1. The molecule has 0 aliphatic carbocycles. The Balaban J connectivity index is 0.00000608. The van der Waals surface area contributed by atoms with E-state index in [2.05, 4.69) is 150 Å². The number of hydrogen-bond donors (Lipinski definition) is 1. The third kappa shape index (κ3) is 8.65. The summed E-state index contributed by atoms with van der Waals surface area (Å²) < 4.78 is 27.2. The SMILES string of the molecule is [2H]C([2H])([2H])c1ccc(-n2c(-c3cc(C(C)C)cc(C(C)C)c3O)nc3c(-c4[c-]c(-c5cc(-c6ccc(-c7ccccc7)cc6)ccn5)cc(C(C)(C)C)c4)cccc32)c(-c2ccccc2)c1.[Pt]. The summed E-state index contributed by atoms with van der Waals surface area (Å²) in [4.78, 5) is 10.5. The molecule has 5 heteroatoms. The third-order valence-corrected chi connectivity index (χ3v) is 12.1. The summed E-state index contributed by atoms with van der Waals surface area (Å²) in [5.41, 5.74) is 15.5. The topological polar surface area (TPSA) is 50.9 Å². The van der Waals surface area contributed by atoms with Gasteiger partial charge in [-0.15, -0.1) is 29.3 Å². The molecule has 64 heavy (non-hydrogen) atoms. The number of aryl methyl sites for hydroxylation is 1. The quantitative estimate of drug-likeness (QED) is 0.147. The van der Waals surface area contributed by atoms with Crippen LogP contribution in [-0.4, -0.2) is 19.6 Å². The summed E-state index contributed by atoms with van der Waals surface area (Å²) >= 11 is 0. The minimum Gasteiger partial charge on any atom is -0.507 e. The van der Waals surface area contributed by atoms with Gasteiger partial charge in [-0.2, -0.15) is 0 Å². The summed E-state index contributed by atoms with van der Waals surface area (Å²) in [6, 6.07) is 57.0. The van der Waals surface area contributed by atoms with E-state index in [-0.39, 0.29) is 49.6 Å². The van der Waals surface area contributed by atoms with Crippen LogP contribution < -0.4 is 0 Å². The molecule has 0 bridgehead atoms. The zero-order valence-electron chi connectivity index (χ0n) is 40.3. The fourth-order valence-corrected chi connectivity index (χ4v) is 8.47. The van der Waals surface area contributed by atoms with Crippen molar-refractivity contribution in [1.82, 2.24) is 14.5 Å². The summed E-state index contributed by atoms with van der Waals surface area (Å²) in [6.07, 6.45) is 1.87. The first kappa shape index (κ1) is 40.4. The molecule has 0 fully saturated rings. The fourth-order valence-electron chi connectivity index (χ4n) is 8.47. The van der Waals surface area contributed by atoms with Crippen LogP contribution in [0.15, 0.2) is 164 Å². The second-order valence-corrected chi connectivity index (χ2v) is 18.2. The van der Waals surface area contributed by atoms with Gasteiger partial charge in [0.25, 0.3) is 0 Å². The molecule has 0 atom stereocenters. The predicted octanol–water partition coefficient (Wildman–Crippen LogP) is 15.8. The van der Waals surface area contributed by atoms with Gasteiger partial charge in [0.1, 0.15) is 11.6 Å². The van der Waals surface area contributed by atoms with Crippen molar-refractivity contribution in [3.8, 4) is 78.6 Å². The molecule has 0 saturated carbocycles. The van der Waals surface area contributed by atoms with Crippen LogP contribution in [0.1, 0.15) is 86.7 Å². The normalized spacial score (nSPS) is 12.5. The zero-order valence-corrected chi connectivity index (χ0v) is 39.6. The Bertz CT molecular complexity index is 3220. The first-order valence-electron chi connectivity index (χ1n) is 23.3. The number of pyridine rings is 1. The molecular weight excluding hydrogens is 962 g/mol. The van der Waals surface area contributed by atoms with Gasteiger partial charge in [0.2, 0.25) is 0 Å². The van der Waals surface area contributed by atoms with E-state index in [0.717, 1.165) is 83.6 Å². The van der Waals surface area contributed by atoms with Crippen molar-refractivity contribution < 1.29 is 30.3 Å². The molecule has 0 unspecified atom stereocenters. The third-order valence-electron chi connectivity index (χ3n) is 12.1. The predicted molar refractivity (Wildman–Crippen MR) is 264 cm³/mol. The van der Waals surface area contributed by atoms with E-state index in [0.29, 0.717) is 11.4 Å². The molecule has 7 aromatic carbocycles. The van der Waals surface area contributed by atoms with Crippen molar-refractivity contribution >= 4 is 11.0 Å². The number of benzene rings is 7. The Labute approximate surface area is 397 Å². The number of phenols is 1. The van der Waals surface area contributed by atoms with E-state index in [9.17, 15) is 5.11 Å². The summed E-state index contributed by atoms with van der Waals surface area (Å²) in [5, 5.41) is 12.3. The minimum absolute atomic E-state index is 0. The van der Waals surface area contributed by atoms with Gasteiger partial charge >= 0.3 is 0 Å². The molecule has 0 saturated heterocycles. The second-order valence-electron chi connectivity index (χ2n) is 18.2. The molecular formula is C59H54N3OPt-. The monoisotopic (exact) mass is 1020 g/mol. The van der Waals surface area contributed by atoms with E-state index in [1.54, 1.807) is 12.1 Å². The van der Waals surface area contributed by atoms with Crippen molar-refractivity contribution in [3.63, 3.8) is 0 Å². The number of rotatable bonds is 9. The Morgan fingerprint density at radius 2 is 1.27 bits per heavy atom. The average molecular weight is 1020 g/mol. The molecule has 2 heterocycles. The average Bonchev–Trinajstić information content (AvgIpc) is 3.70. The van der Waals surface area contributed by atoms with Crippen LogP contribution in [0.25, 0.3) is 83.9 Å². The number of hydrogen-bond acceptors (Lipinski definition) is 3. The molecule has 0 amide bonds. The molecule has 1 N–H and O–H groups in total. The standard InChI is InChI=1S/C59H54N3O.Pt/c1-37(2)45-34-50(38(3)4)57(63)52(35-45)58-61-56-49(20-15-21-55(56)62(58)54-27-22-39(5)30-51(54)43-18-13-10-14-19-43)46-31-47(33-48(32-46)59(6,7)8)53-36-44(28-29-60-53)42-25-23-41(24-26-42)40-16-11-9-12-17-40;/h9-30,32-38,63H,1-8H3;/q-1;/i5D3;. The number of nitrogens with zero attached hydrogens (tertiary/aromatic N) is 3. The number of phenolic OH excluding ortho intramolecular Hbond substituents is 1. The van der Waals surface area contributed by atoms with E-state index in [1.165, 1.54) is 5.56 Å². The van der Waals surface area contributed by atoms with Gasteiger partial charge in [-0.1, -0.05) is 180 Å². The van der Waals surface area contributed by atoms with E-state index < -0.39 is 6.85 Å². The maximum Gasteiger partial charge on any atom is 0.148 e. The first-order chi connectivity index (χ1) is 31.5. The Morgan fingerprint density at radius 3 is 1.92 bits per heavy atom. The van der Waals surface area contributed by atoms with E-state index in [1.807, 2.05) is 60.8 Å². The van der Waals surface area contributed by atoms with Crippen LogP contribution in [0.3, 0.4) is 0 Å².